The van der Waals surface area contributed by atoms with E-state index >= 15 is 0 Å². The standard InChI is InChI=1S/C16H24N2O/c1-4-10-16(2,3)18-15(19)13-9-5-7-12-8-6-11-17-14(12)13/h5,7,9,17H,4,6,8,10-11H2,1-3H3,(H,18,19). The second kappa shape index (κ2) is 5.64. The molecule has 0 spiro atoms. The molecule has 2 rings (SSSR count). The number of nitrogens with one attached hydrogen (secondary N) is 2. The number of rotatable bonds is 4. The van der Waals surface area contributed by atoms with Crippen molar-refractivity contribution < 1.29 is 4.79 Å². The Bertz CT molecular complexity index is 466. The van der Waals surface area contributed by atoms with Gasteiger partial charge in [-0.2, -0.15) is 0 Å². The van der Waals surface area contributed by atoms with Gasteiger partial charge in [-0.15, -0.1) is 0 Å². The smallest absolute Gasteiger partial charge is 0.253 e. The number of anilines is 1. The zero-order chi connectivity index (χ0) is 13.9. The van der Waals surface area contributed by atoms with E-state index < -0.39 is 0 Å². The minimum Gasteiger partial charge on any atom is -0.384 e. The summed E-state index contributed by atoms with van der Waals surface area (Å²) >= 11 is 0. The Morgan fingerprint density at radius 1 is 1.42 bits per heavy atom. The predicted octanol–water partition coefficient (Wildman–Crippen LogP) is 3.35. The zero-order valence-corrected chi connectivity index (χ0v) is 12.2. The number of para-hydroxylation sites is 1. The van der Waals surface area contributed by atoms with Crippen LogP contribution in [0.2, 0.25) is 0 Å². The van der Waals surface area contributed by atoms with E-state index in [0.29, 0.717) is 0 Å². The van der Waals surface area contributed by atoms with Crippen LogP contribution < -0.4 is 10.6 Å². The predicted molar refractivity (Wildman–Crippen MR) is 79.7 cm³/mol. The van der Waals surface area contributed by atoms with E-state index in [0.717, 1.165) is 43.5 Å². The third kappa shape index (κ3) is 3.28. The second-order valence-corrected chi connectivity index (χ2v) is 5.96. The molecule has 1 aromatic carbocycles. The number of amides is 1. The summed E-state index contributed by atoms with van der Waals surface area (Å²) in [5.74, 6) is 0.0321. The van der Waals surface area contributed by atoms with E-state index in [1.165, 1.54) is 5.56 Å². The number of carbonyl (C=O) groups excluding carboxylic acids is 1. The molecule has 1 aliphatic rings. The molecule has 1 aromatic rings. The van der Waals surface area contributed by atoms with Crippen molar-refractivity contribution in [3.05, 3.63) is 29.3 Å². The van der Waals surface area contributed by atoms with Gasteiger partial charge in [0.2, 0.25) is 0 Å². The molecule has 1 heterocycles. The first-order valence-electron chi connectivity index (χ1n) is 7.22. The molecule has 104 valence electrons. The zero-order valence-electron chi connectivity index (χ0n) is 12.2. The van der Waals surface area contributed by atoms with Gasteiger partial charge in [-0.25, -0.2) is 0 Å². The molecule has 0 atom stereocenters. The summed E-state index contributed by atoms with van der Waals surface area (Å²) in [4.78, 5) is 12.5. The maximum Gasteiger partial charge on any atom is 0.253 e. The van der Waals surface area contributed by atoms with Crippen LogP contribution in [0.1, 0.15) is 56.0 Å². The highest BCUT2D eigenvalue weighted by molar-refractivity contribution is 6.00. The van der Waals surface area contributed by atoms with Crippen LogP contribution in [0.15, 0.2) is 18.2 Å². The van der Waals surface area contributed by atoms with Crippen LogP contribution in [-0.4, -0.2) is 18.0 Å². The van der Waals surface area contributed by atoms with E-state index in [2.05, 4.69) is 37.5 Å². The van der Waals surface area contributed by atoms with Crippen molar-refractivity contribution in [1.82, 2.24) is 5.32 Å². The Morgan fingerprint density at radius 2 is 2.21 bits per heavy atom. The summed E-state index contributed by atoms with van der Waals surface area (Å²) < 4.78 is 0. The first-order valence-corrected chi connectivity index (χ1v) is 7.22. The van der Waals surface area contributed by atoms with E-state index in [-0.39, 0.29) is 11.4 Å². The Labute approximate surface area is 115 Å². The lowest BCUT2D eigenvalue weighted by atomic mass is 9.96. The van der Waals surface area contributed by atoms with Gasteiger partial charge in [-0.1, -0.05) is 25.5 Å². The number of carbonyl (C=O) groups is 1. The fourth-order valence-corrected chi connectivity index (χ4v) is 2.76. The number of aryl methyl sites for hydroxylation is 1. The van der Waals surface area contributed by atoms with E-state index in [1.807, 2.05) is 12.1 Å². The van der Waals surface area contributed by atoms with Crippen LogP contribution >= 0.6 is 0 Å². The van der Waals surface area contributed by atoms with Gasteiger partial charge in [0.1, 0.15) is 0 Å². The molecule has 0 aliphatic carbocycles. The molecule has 0 aromatic heterocycles. The highest BCUT2D eigenvalue weighted by atomic mass is 16.1. The number of benzene rings is 1. The molecule has 0 saturated heterocycles. The summed E-state index contributed by atoms with van der Waals surface area (Å²) in [6.45, 7) is 7.25. The number of hydrogen-bond donors (Lipinski definition) is 2. The summed E-state index contributed by atoms with van der Waals surface area (Å²) in [7, 11) is 0. The Morgan fingerprint density at radius 3 is 2.95 bits per heavy atom. The molecule has 3 heteroatoms. The molecular formula is C16H24N2O. The summed E-state index contributed by atoms with van der Waals surface area (Å²) in [6.07, 6.45) is 4.25. The molecule has 19 heavy (non-hydrogen) atoms. The third-order valence-corrected chi connectivity index (χ3v) is 3.65. The third-order valence-electron chi connectivity index (χ3n) is 3.65. The largest absolute Gasteiger partial charge is 0.384 e. The van der Waals surface area contributed by atoms with E-state index in [1.54, 1.807) is 0 Å². The van der Waals surface area contributed by atoms with Crippen LogP contribution in [0, 0.1) is 0 Å². The minimum absolute atomic E-state index is 0.0321. The molecule has 1 aliphatic heterocycles. The molecule has 0 bridgehead atoms. The Kier molecular flexibility index (Phi) is 4.13. The molecule has 0 fully saturated rings. The molecule has 1 amide bonds. The van der Waals surface area contributed by atoms with Crippen LogP contribution in [-0.2, 0) is 6.42 Å². The van der Waals surface area contributed by atoms with Crippen molar-refractivity contribution in [2.24, 2.45) is 0 Å². The van der Waals surface area contributed by atoms with Gasteiger partial charge in [0.15, 0.2) is 0 Å². The van der Waals surface area contributed by atoms with Gasteiger partial charge in [-0.05, 0) is 44.7 Å². The maximum atomic E-state index is 12.5. The van der Waals surface area contributed by atoms with Crippen molar-refractivity contribution in [3.8, 4) is 0 Å². The van der Waals surface area contributed by atoms with E-state index in [4.69, 9.17) is 0 Å². The normalized spacial score (nSPS) is 14.5. The Balaban J connectivity index is 2.20. The summed E-state index contributed by atoms with van der Waals surface area (Å²) in [6, 6.07) is 6.00. The summed E-state index contributed by atoms with van der Waals surface area (Å²) in [5.41, 5.74) is 2.91. The second-order valence-electron chi connectivity index (χ2n) is 5.96. The highest BCUT2D eigenvalue weighted by Gasteiger charge is 2.23. The van der Waals surface area contributed by atoms with Gasteiger partial charge >= 0.3 is 0 Å². The van der Waals surface area contributed by atoms with Crippen LogP contribution in [0.25, 0.3) is 0 Å². The van der Waals surface area contributed by atoms with Gasteiger partial charge in [0.05, 0.1) is 11.3 Å². The minimum atomic E-state index is -0.150. The van der Waals surface area contributed by atoms with Crippen molar-refractivity contribution in [2.75, 3.05) is 11.9 Å². The molecular weight excluding hydrogens is 236 g/mol. The first kappa shape index (κ1) is 13.9. The maximum absolute atomic E-state index is 12.5. The lowest BCUT2D eigenvalue weighted by Crippen LogP contribution is -2.43. The van der Waals surface area contributed by atoms with Crippen LogP contribution in [0.5, 0.6) is 0 Å². The topological polar surface area (TPSA) is 41.1 Å². The monoisotopic (exact) mass is 260 g/mol. The van der Waals surface area contributed by atoms with Gasteiger partial charge in [-0.3, -0.25) is 4.79 Å². The average molecular weight is 260 g/mol. The van der Waals surface area contributed by atoms with Gasteiger partial charge in [0, 0.05) is 12.1 Å². The number of fused-ring (bicyclic) bond motifs is 1. The lowest BCUT2D eigenvalue weighted by molar-refractivity contribution is 0.0909. The van der Waals surface area contributed by atoms with Crippen molar-refractivity contribution in [3.63, 3.8) is 0 Å². The fraction of sp³-hybridized carbons (Fsp3) is 0.562. The SMILES string of the molecule is CCCC(C)(C)NC(=O)c1cccc2c1NCCC2. The quantitative estimate of drug-likeness (QED) is 0.871. The van der Waals surface area contributed by atoms with Crippen molar-refractivity contribution in [1.29, 1.82) is 0 Å². The van der Waals surface area contributed by atoms with Crippen molar-refractivity contribution in [2.45, 2.75) is 52.0 Å². The number of hydrogen-bond acceptors (Lipinski definition) is 2. The summed E-state index contributed by atoms with van der Waals surface area (Å²) in [5, 5.41) is 6.51. The van der Waals surface area contributed by atoms with E-state index in [9.17, 15) is 4.79 Å². The van der Waals surface area contributed by atoms with Gasteiger partial charge in [0.25, 0.3) is 5.91 Å². The average Bonchev–Trinajstić information content (AvgIpc) is 2.37. The highest BCUT2D eigenvalue weighted by Crippen LogP contribution is 2.26. The molecule has 0 radical (unpaired) electrons. The van der Waals surface area contributed by atoms with Gasteiger partial charge < -0.3 is 10.6 Å². The van der Waals surface area contributed by atoms with Crippen LogP contribution in [0.3, 0.4) is 0 Å². The molecule has 0 saturated carbocycles. The first-order chi connectivity index (χ1) is 9.03. The van der Waals surface area contributed by atoms with Crippen molar-refractivity contribution >= 4 is 11.6 Å². The molecule has 2 N–H and O–H groups in total. The molecule has 0 unspecified atom stereocenters. The Hall–Kier alpha value is -1.51. The lowest BCUT2D eigenvalue weighted by Gasteiger charge is -2.27. The fourth-order valence-electron chi connectivity index (χ4n) is 2.76. The molecule has 3 nitrogen and oxygen atoms in total. The van der Waals surface area contributed by atoms with Crippen LogP contribution in [0.4, 0.5) is 5.69 Å².